The first-order chi connectivity index (χ1) is 7.47. The summed E-state index contributed by atoms with van der Waals surface area (Å²) < 4.78 is -0.445. The third-order valence-electron chi connectivity index (χ3n) is 3.70. The number of hydrogen-bond donors (Lipinski definition) is 1. The minimum absolute atomic E-state index is 0.115. The Hall–Kier alpha value is -0.0900. The SMILES string of the molecule is CC(C)(Br)C(=O)NC1CCN2CCCC2C1. The van der Waals surface area contributed by atoms with Crippen LogP contribution in [0.1, 0.15) is 39.5 Å². The molecule has 16 heavy (non-hydrogen) atoms. The van der Waals surface area contributed by atoms with Crippen LogP contribution in [0.2, 0.25) is 0 Å². The van der Waals surface area contributed by atoms with E-state index in [9.17, 15) is 4.79 Å². The number of hydrogen-bond acceptors (Lipinski definition) is 2. The topological polar surface area (TPSA) is 32.3 Å². The molecule has 2 aliphatic heterocycles. The number of fused-ring (bicyclic) bond motifs is 1. The quantitative estimate of drug-likeness (QED) is 0.788. The molecule has 2 aliphatic rings. The number of carbonyl (C=O) groups excluding carboxylic acids is 1. The summed E-state index contributed by atoms with van der Waals surface area (Å²) in [5.74, 6) is 0.115. The molecule has 2 fully saturated rings. The fourth-order valence-electron chi connectivity index (χ4n) is 2.71. The minimum atomic E-state index is -0.445. The van der Waals surface area contributed by atoms with Crippen molar-refractivity contribution in [2.45, 2.75) is 55.9 Å². The molecule has 2 saturated heterocycles. The first-order valence-corrected chi connectivity index (χ1v) is 7.00. The van der Waals surface area contributed by atoms with Gasteiger partial charge in [-0.15, -0.1) is 0 Å². The zero-order chi connectivity index (χ0) is 11.8. The van der Waals surface area contributed by atoms with Gasteiger partial charge in [-0.05, 0) is 46.1 Å². The van der Waals surface area contributed by atoms with Gasteiger partial charge in [0.1, 0.15) is 0 Å². The summed E-state index contributed by atoms with van der Waals surface area (Å²) in [6, 6.07) is 1.10. The molecule has 2 heterocycles. The van der Waals surface area contributed by atoms with Gasteiger partial charge in [-0.2, -0.15) is 0 Å². The highest BCUT2D eigenvalue weighted by atomic mass is 79.9. The lowest BCUT2D eigenvalue weighted by molar-refractivity contribution is -0.123. The van der Waals surface area contributed by atoms with Crippen molar-refractivity contribution in [1.29, 1.82) is 0 Å². The molecule has 0 aliphatic carbocycles. The van der Waals surface area contributed by atoms with Gasteiger partial charge in [-0.25, -0.2) is 0 Å². The maximum Gasteiger partial charge on any atom is 0.236 e. The largest absolute Gasteiger partial charge is 0.352 e. The molecule has 2 rings (SSSR count). The number of carbonyl (C=O) groups is 1. The Labute approximate surface area is 106 Å². The van der Waals surface area contributed by atoms with E-state index in [2.05, 4.69) is 26.1 Å². The molecule has 0 aromatic heterocycles. The van der Waals surface area contributed by atoms with Crippen molar-refractivity contribution < 1.29 is 4.79 Å². The van der Waals surface area contributed by atoms with E-state index >= 15 is 0 Å². The van der Waals surface area contributed by atoms with E-state index in [-0.39, 0.29) is 5.91 Å². The lowest BCUT2D eigenvalue weighted by Gasteiger charge is -2.36. The Balaban J connectivity index is 1.85. The summed E-state index contributed by atoms with van der Waals surface area (Å²) in [4.78, 5) is 14.4. The van der Waals surface area contributed by atoms with Crippen molar-refractivity contribution in [1.82, 2.24) is 10.2 Å². The smallest absolute Gasteiger partial charge is 0.236 e. The first kappa shape index (κ1) is 12.4. The van der Waals surface area contributed by atoms with Gasteiger partial charge < -0.3 is 10.2 Å². The van der Waals surface area contributed by atoms with Gasteiger partial charge in [0.2, 0.25) is 5.91 Å². The molecule has 3 nitrogen and oxygen atoms in total. The van der Waals surface area contributed by atoms with Crippen LogP contribution in [0.5, 0.6) is 0 Å². The fourth-order valence-corrected chi connectivity index (χ4v) is 2.83. The van der Waals surface area contributed by atoms with E-state index in [1.54, 1.807) is 0 Å². The lowest BCUT2D eigenvalue weighted by Crippen LogP contribution is -2.50. The number of rotatable bonds is 2. The molecular weight excluding hydrogens is 268 g/mol. The Morgan fingerprint density at radius 3 is 2.81 bits per heavy atom. The number of nitrogens with one attached hydrogen (secondary N) is 1. The van der Waals surface area contributed by atoms with Crippen LogP contribution < -0.4 is 5.32 Å². The number of nitrogens with zero attached hydrogens (tertiary/aromatic N) is 1. The van der Waals surface area contributed by atoms with E-state index in [0.717, 1.165) is 25.4 Å². The van der Waals surface area contributed by atoms with E-state index in [1.807, 2.05) is 13.8 Å². The maximum atomic E-state index is 11.9. The average Bonchev–Trinajstić information content (AvgIpc) is 2.63. The first-order valence-electron chi connectivity index (χ1n) is 6.21. The molecule has 4 heteroatoms. The molecule has 0 saturated carbocycles. The van der Waals surface area contributed by atoms with Gasteiger partial charge in [-0.1, -0.05) is 15.9 Å². The van der Waals surface area contributed by atoms with Crippen LogP contribution in [0, 0.1) is 0 Å². The van der Waals surface area contributed by atoms with Gasteiger partial charge >= 0.3 is 0 Å². The van der Waals surface area contributed by atoms with Crippen molar-refractivity contribution in [3.05, 3.63) is 0 Å². The van der Waals surface area contributed by atoms with Crippen molar-refractivity contribution in [3.63, 3.8) is 0 Å². The van der Waals surface area contributed by atoms with Crippen molar-refractivity contribution in [2.75, 3.05) is 13.1 Å². The lowest BCUT2D eigenvalue weighted by atomic mass is 9.97. The van der Waals surface area contributed by atoms with Gasteiger partial charge in [0.25, 0.3) is 0 Å². The molecule has 2 unspecified atom stereocenters. The summed E-state index contributed by atoms with van der Waals surface area (Å²) in [5, 5.41) is 3.16. The summed E-state index contributed by atoms with van der Waals surface area (Å²) in [5.41, 5.74) is 0. The number of alkyl halides is 1. The van der Waals surface area contributed by atoms with Gasteiger partial charge in [-0.3, -0.25) is 4.79 Å². The molecule has 0 radical (unpaired) electrons. The van der Waals surface area contributed by atoms with Crippen LogP contribution in [-0.4, -0.2) is 40.3 Å². The third-order valence-corrected chi connectivity index (χ3v) is 4.06. The number of amides is 1. The highest BCUT2D eigenvalue weighted by Crippen LogP contribution is 2.27. The maximum absolute atomic E-state index is 11.9. The monoisotopic (exact) mass is 288 g/mol. The van der Waals surface area contributed by atoms with Gasteiger partial charge in [0.15, 0.2) is 0 Å². The van der Waals surface area contributed by atoms with Crippen LogP contribution in [0.15, 0.2) is 0 Å². The van der Waals surface area contributed by atoms with Crippen LogP contribution >= 0.6 is 15.9 Å². The molecule has 92 valence electrons. The van der Waals surface area contributed by atoms with E-state index in [4.69, 9.17) is 0 Å². The zero-order valence-electron chi connectivity index (χ0n) is 10.1. The summed E-state index contributed by atoms with van der Waals surface area (Å²) in [6.07, 6.45) is 4.87. The van der Waals surface area contributed by atoms with E-state index in [1.165, 1.54) is 19.4 Å². The second-order valence-electron chi connectivity index (χ2n) is 5.50. The minimum Gasteiger partial charge on any atom is -0.352 e. The zero-order valence-corrected chi connectivity index (χ0v) is 11.7. The van der Waals surface area contributed by atoms with Crippen molar-refractivity contribution in [3.8, 4) is 0 Å². The number of halogens is 1. The molecule has 2 atom stereocenters. The molecule has 0 bridgehead atoms. The Kier molecular flexibility index (Phi) is 3.59. The van der Waals surface area contributed by atoms with E-state index in [0.29, 0.717) is 6.04 Å². The third kappa shape index (κ3) is 2.77. The predicted molar refractivity (Wildman–Crippen MR) is 68.8 cm³/mol. The Morgan fingerprint density at radius 1 is 1.38 bits per heavy atom. The fraction of sp³-hybridized carbons (Fsp3) is 0.917. The second kappa shape index (κ2) is 4.65. The summed E-state index contributed by atoms with van der Waals surface area (Å²) in [7, 11) is 0. The highest BCUT2D eigenvalue weighted by Gasteiger charge is 2.34. The van der Waals surface area contributed by atoms with E-state index < -0.39 is 4.32 Å². The molecule has 0 aromatic carbocycles. The van der Waals surface area contributed by atoms with Crippen molar-refractivity contribution in [2.24, 2.45) is 0 Å². The highest BCUT2D eigenvalue weighted by molar-refractivity contribution is 9.10. The summed E-state index contributed by atoms with van der Waals surface area (Å²) >= 11 is 3.40. The molecule has 1 N–H and O–H groups in total. The van der Waals surface area contributed by atoms with Crippen LogP contribution in [-0.2, 0) is 4.79 Å². The second-order valence-corrected chi connectivity index (χ2v) is 7.48. The Bertz CT molecular complexity index is 275. The molecular formula is C12H21BrN2O. The standard InChI is InChI=1S/C12H21BrN2O/c1-12(2,13)11(16)14-9-5-7-15-6-3-4-10(15)8-9/h9-10H,3-8H2,1-2H3,(H,14,16). The van der Waals surface area contributed by atoms with Crippen LogP contribution in [0.3, 0.4) is 0 Å². The summed E-state index contributed by atoms with van der Waals surface area (Å²) in [6.45, 7) is 6.20. The predicted octanol–water partition coefficient (Wildman–Crippen LogP) is 1.90. The molecule has 0 spiro atoms. The van der Waals surface area contributed by atoms with Crippen molar-refractivity contribution >= 4 is 21.8 Å². The van der Waals surface area contributed by atoms with Crippen LogP contribution in [0.25, 0.3) is 0 Å². The number of piperidine rings is 1. The van der Waals surface area contributed by atoms with Crippen LogP contribution in [0.4, 0.5) is 0 Å². The normalized spacial score (nSPS) is 31.2. The average molecular weight is 289 g/mol. The van der Waals surface area contributed by atoms with Gasteiger partial charge in [0, 0.05) is 18.6 Å². The van der Waals surface area contributed by atoms with Gasteiger partial charge in [0.05, 0.1) is 4.32 Å². The Morgan fingerprint density at radius 2 is 2.12 bits per heavy atom. The molecule has 1 amide bonds. The molecule has 0 aromatic rings.